The Morgan fingerprint density at radius 1 is 0.576 bits per heavy atom. The Morgan fingerprint density at radius 3 is 1.54 bits per heavy atom. The average Bonchev–Trinajstić information content (AvgIpc) is 3.23. The lowest BCUT2D eigenvalue weighted by atomic mass is 9.99. The van der Waals surface area contributed by atoms with Gasteiger partial charge in [0.2, 0.25) is 5.91 Å². The van der Waals surface area contributed by atoms with Crippen molar-refractivity contribution in [1.82, 2.24) is 5.32 Å². The number of carbonyl (C=O) groups excluding carboxylic acids is 1. The number of amides is 1. The minimum atomic E-state index is -1.58. The number of aliphatic hydroxyl groups excluding tert-OH is 5. The standard InChI is InChI=1S/C50H89NO8/c1-3-5-7-9-11-13-15-17-19-20-21-22-23-24-26-28-30-32-34-36-38-40-46(54)51-43(42-58-50-49(57)48(56)47(55)45(41-52)59-50)44(53)39-37-35-33-31-29-27-25-18-16-14-12-10-8-6-4-2/h15,17,20-21,23-24,29,31,37,39,43-45,47-50,52-53,55-57H,3-14,16,18-19,22,25-28,30,32-36,38,40-42H2,1-2H3,(H,51,54)/b17-15-,21-20-,24-23-,31-29+,39-37+. The lowest BCUT2D eigenvalue weighted by molar-refractivity contribution is -0.302. The van der Waals surface area contributed by atoms with E-state index in [9.17, 15) is 30.3 Å². The van der Waals surface area contributed by atoms with Crippen molar-refractivity contribution in [2.45, 2.75) is 236 Å². The Bertz CT molecular complexity index is 1100. The largest absolute Gasteiger partial charge is 0.394 e. The van der Waals surface area contributed by atoms with Gasteiger partial charge in [0.25, 0.3) is 0 Å². The molecule has 9 nitrogen and oxygen atoms in total. The Labute approximate surface area is 360 Å². The van der Waals surface area contributed by atoms with Gasteiger partial charge < -0.3 is 40.3 Å². The fraction of sp³-hybridized carbons (Fsp3) is 0.780. The summed E-state index contributed by atoms with van der Waals surface area (Å²) < 4.78 is 11.2. The first-order chi connectivity index (χ1) is 28.8. The maximum absolute atomic E-state index is 13.0. The highest BCUT2D eigenvalue weighted by Gasteiger charge is 2.44. The summed E-state index contributed by atoms with van der Waals surface area (Å²) in [5, 5.41) is 54.2. The number of nitrogens with one attached hydrogen (secondary N) is 1. The molecule has 0 spiro atoms. The quantitative estimate of drug-likeness (QED) is 0.0265. The number of hydrogen-bond acceptors (Lipinski definition) is 8. The number of aliphatic hydroxyl groups is 5. The molecule has 0 aromatic carbocycles. The molecule has 0 radical (unpaired) electrons. The van der Waals surface area contributed by atoms with E-state index < -0.39 is 49.5 Å². The Kier molecular flexibility index (Phi) is 37.2. The van der Waals surface area contributed by atoms with Crippen molar-refractivity contribution in [1.29, 1.82) is 0 Å². The summed E-state index contributed by atoms with van der Waals surface area (Å²) in [7, 11) is 0. The molecule has 1 rings (SSSR count). The zero-order valence-electron chi connectivity index (χ0n) is 37.5. The molecule has 342 valence electrons. The molecular weight excluding hydrogens is 743 g/mol. The summed E-state index contributed by atoms with van der Waals surface area (Å²) in [5.74, 6) is -0.202. The molecule has 1 aliphatic rings. The van der Waals surface area contributed by atoms with Gasteiger partial charge in [-0.05, 0) is 70.6 Å². The van der Waals surface area contributed by atoms with E-state index in [1.165, 1.54) is 109 Å². The van der Waals surface area contributed by atoms with Gasteiger partial charge >= 0.3 is 0 Å². The smallest absolute Gasteiger partial charge is 0.220 e. The number of unbranched alkanes of at least 4 members (excludes halogenated alkanes) is 21. The van der Waals surface area contributed by atoms with Crippen LogP contribution in [0.4, 0.5) is 0 Å². The van der Waals surface area contributed by atoms with E-state index in [0.29, 0.717) is 6.42 Å². The van der Waals surface area contributed by atoms with Gasteiger partial charge in [0, 0.05) is 6.42 Å². The molecule has 6 N–H and O–H groups in total. The molecule has 0 aromatic heterocycles. The minimum absolute atomic E-state index is 0.202. The van der Waals surface area contributed by atoms with Gasteiger partial charge in [-0.3, -0.25) is 4.79 Å². The fourth-order valence-electron chi connectivity index (χ4n) is 7.18. The number of rotatable bonds is 39. The molecule has 1 aliphatic heterocycles. The molecular formula is C50H89NO8. The second kappa shape index (κ2) is 40.0. The fourth-order valence-corrected chi connectivity index (χ4v) is 7.18. The zero-order valence-corrected chi connectivity index (χ0v) is 37.5. The average molecular weight is 832 g/mol. The first-order valence-electron chi connectivity index (χ1n) is 24.0. The van der Waals surface area contributed by atoms with Crippen molar-refractivity contribution in [3.8, 4) is 0 Å². The van der Waals surface area contributed by atoms with Crippen LogP contribution in [0.1, 0.15) is 194 Å². The molecule has 7 unspecified atom stereocenters. The zero-order chi connectivity index (χ0) is 43.0. The van der Waals surface area contributed by atoms with Crippen LogP contribution in [-0.2, 0) is 14.3 Å². The van der Waals surface area contributed by atoms with Crippen LogP contribution in [0, 0.1) is 0 Å². The highest BCUT2D eigenvalue weighted by atomic mass is 16.7. The molecule has 1 amide bonds. The van der Waals surface area contributed by atoms with Crippen LogP contribution in [0.3, 0.4) is 0 Å². The van der Waals surface area contributed by atoms with Crippen molar-refractivity contribution >= 4 is 5.91 Å². The third-order valence-corrected chi connectivity index (χ3v) is 11.1. The summed E-state index contributed by atoms with van der Waals surface area (Å²) in [4.78, 5) is 13.0. The lowest BCUT2D eigenvalue weighted by Gasteiger charge is -2.40. The summed E-state index contributed by atoms with van der Waals surface area (Å²) in [5.41, 5.74) is 0. The maximum Gasteiger partial charge on any atom is 0.220 e. The normalized spacial score (nSPS) is 21.2. The number of allylic oxidation sites excluding steroid dienone is 9. The van der Waals surface area contributed by atoms with Gasteiger partial charge in [-0.25, -0.2) is 0 Å². The molecule has 1 heterocycles. The molecule has 59 heavy (non-hydrogen) atoms. The molecule has 9 heteroatoms. The highest BCUT2D eigenvalue weighted by Crippen LogP contribution is 2.22. The molecule has 1 fully saturated rings. The van der Waals surface area contributed by atoms with Crippen LogP contribution in [0.2, 0.25) is 0 Å². The summed E-state index contributed by atoms with van der Waals surface area (Å²) in [6, 6.07) is -0.830. The summed E-state index contributed by atoms with van der Waals surface area (Å²) in [6.07, 6.45) is 45.5. The van der Waals surface area contributed by atoms with Crippen LogP contribution in [0.25, 0.3) is 0 Å². The third kappa shape index (κ3) is 30.6. The highest BCUT2D eigenvalue weighted by molar-refractivity contribution is 5.76. The van der Waals surface area contributed by atoms with E-state index in [2.05, 4.69) is 67.8 Å². The third-order valence-electron chi connectivity index (χ3n) is 11.1. The maximum atomic E-state index is 13.0. The van der Waals surface area contributed by atoms with Gasteiger partial charge in [-0.15, -0.1) is 0 Å². The van der Waals surface area contributed by atoms with E-state index in [1.807, 2.05) is 6.08 Å². The minimum Gasteiger partial charge on any atom is -0.394 e. The predicted octanol–water partition coefficient (Wildman–Crippen LogP) is 10.4. The Hall–Kier alpha value is -2.11. The number of carbonyl (C=O) groups is 1. The van der Waals surface area contributed by atoms with Gasteiger partial charge in [0.1, 0.15) is 24.4 Å². The van der Waals surface area contributed by atoms with Crippen molar-refractivity contribution in [3.63, 3.8) is 0 Å². The molecule has 0 bridgehead atoms. The van der Waals surface area contributed by atoms with Gasteiger partial charge in [-0.1, -0.05) is 177 Å². The van der Waals surface area contributed by atoms with E-state index >= 15 is 0 Å². The first-order valence-corrected chi connectivity index (χ1v) is 24.0. The molecule has 1 saturated heterocycles. The van der Waals surface area contributed by atoms with Crippen LogP contribution < -0.4 is 5.32 Å². The van der Waals surface area contributed by atoms with Gasteiger partial charge in [0.05, 0.1) is 25.4 Å². The summed E-state index contributed by atoms with van der Waals surface area (Å²) >= 11 is 0. The molecule has 7 atom stereocenters. The van der Waals surface area contributed by atoms with Crippen LogP contribution in [-0.4, -0.2) is 87.5 Å². The second-order valence-electron chi connectivity index (χ2n) is 16.5. The second-order valence-corrected chi connectivity index (χ2v) is 16.5. The van der Waals surface area contributed by atoms with E-state index in [-0.39, 0.29) is 12.5 Å². The SMILES string of the molecule is CCCCCCC/C=C\C/C=C\C/C=C\CCCCCCCCC(=O)NC(COC1OC(CO)C(O)C(O)C1O)C(O)/C=C/CC/C=C/CCCCCCCCCCC. The van der Waals surface area contributed by atoms with Gasteiger partial charge in [-0.2, -0.15) is 0 Å². The predicted molar refractivity (Wildman–Crippen MR) is 244 cm³/mol. The van der Waals surface area contributed by atoms with Crippen molar-refractivity contribution in [3.05, 3.63) is 60.8 Å². The summed E-state index contributed by atoms with van der Waals surface area (Å²) in [6.45, 7) is 3.72. The Morgan fingerprint density at radius 2 is 1.02 bits per heavy atom. The van der Waals surface area contributed by atoms with Gasteiger partial charge in [0.15, 0.2) is 6.29 Å². The topological polar surface area (TPSA) is 149 Å². The lowest BCUT2D eigenvalue weighted by Crippen LogP contribution is -2.60. The van der Waals surface area contributed by atoms with Crippen LogP contribution in [0.15, 0.2) is 60.8 Å². The van der Waals surface area contributed by atoms with Crippen LogP contribution in [0.5, 0.6) is 0 Å². The molecule has 0 aromatic rings. The van der Waals surface area contributed by atoms with E-state index in [0.717, 1.165) is 64.2 Å². The monoisotopic (exact) mass is 832 g/mol. The van der Waals surface area contributed by atoms with E-state index in [4.69, 9.17) is 9.47 Å². The molecule has 0 aliphatic carbocycles. The van der Waals surface area contributed by atoms with Crippen molar-refractivity contribution in [2.24, 2.45) is 0 Å². The number of hydrogen-bond donors (Lipinski definition) is 6. The first kappa shape index (κ1) is 54.9. The van der Waals surface area contributed by atoms with Crippen LogP contribution >= 0.6 is 0 Å². The van der Waals surface area contributed by atoms with E-state index in [1.54, 1.807) is 6.08 Å². The van der Waals surface area contributed by atoms with Crippen molar-refractivity contribution < 1.29 is 39.8 Å². The number of ether oxygens (including phenoxy) is 2. The van der Waals surface area contributed by atoms with Crippen molar-refractivity contribution in [2.75, 3.05) is 13.2 Å². The molecule has 0 saturated carbocycles. The Balaban J connectivity index is 2.37.